The molecule has 2 aromatic carbocycles. The number of non-ortho nitro benzene ring substituents is 1. The molecule has 3 rings (SSSR count). The Morgan fingerprint density at radius 1 is 1.03 bits per heavy atom. The number of nitrogens with one attached hydrogen (secondary N) is 1. The Morgan fingerprint density at radius 3 is 2.26 bits per heavy atom. The van der Waals surface area contributed by atoms with Crippen LogP contribution < -0.4 is 10.1 Å². The van der Waals surface area contributed by atoms with Gasteiger partial charge in [-0.25, -0.2) is 22.0 Å². The van der Waals surface area contributed by atoms with Crippen LogP contribution in [-0.4, -0.2) is 10.8 Å². The number of rotatable bonds is 6. The van der Waals surface area contributed by atoms with Crippen molar-refractivity contribution in [1.82, 2.24) is 0 Å². The van der Waals surface area contributed by atoms with Gasteiger partial charge in [0.15, 0.2) is 29.0 Å². The van der Waals surface area contributed by atoms with Crippen LogP contribution in [0.3, 0.4) is 0 Å². The first-order valence-corrected chi connectivity index (χ1v) is 8.46. The van der Waals surface area contributed by atoms with Gasteiger partial charge in [-0.2, -0.15) is 0 Å². The molecule has 7 nitrogen and oxygen atoms in total. The third-order valence-electron chi connectivity index (χ3n) is 3.83. The Balaban J connectivity index is 1.74. The van der Waals surface area contributed by atoms with Crippen molar-refractivity contribution in [1.29, 1.82) is 0 Å². The Bertz CT molecular complexity index is 1170. The number of nitro benzene ring substituents is 1. The van der Waals surface area contributed by atoms with Gasteiger partial charge in [0.05, 0.1) is 16.0 Å². The number of nitro groups is 1. The van der Waals surface area contributed by atoms with Crippen molar-refractivity contribution in [2.24, 2.45) is 0 Å². The minimum atomic E-state index is -2.37. The summed E-state index contributed by atoms with van der Waals surface area (Å²) < 4.78 is 77.2. The molecule has 0 fully saturated rings. The lowest BCUT2D eigenvalue weighted by molar-refractivity contribution is -0.384. The fourth-order valence-corrected chi connectivity index (χ4v) is 2.50. The van der Waals surface area contributed by atoms with Crippen molar-refractivity contribution >= 4 is 28.9 Å². The molecule has 0 aliphatic rings. The van der Waals surface area contributed by atoms with E-state index in [1.54, 1.807) is 5.32 Å². The zero-order valence-electron chi connectivity index (χ0n) is 14.9. The van der Waals surface area contributed by atoms with Crippen molar-refractivity contribution in [2.45, 2.75) is 6.61 Å². The van der Waals surface area contributed by atoms with Gasteiger partial charge in [0.25, 0.3) is 11.6 Å². The maximum atomic E-state index is 13.7. The lowest BCUT2D eigenvalue weighted by Gasteiger charge is -2.09. The topological polar surface area (TPSA) is 94.6 Å². The quantitative estimate of drug-likeness (QED) is 0.175. The lowest BCUT2D eigenvalue weighted by Crippen LogP contribution is -2.16. The number of hydrogen-bond donors (Lipinski definition) is 1. The number of amides is 1. The fourth-order valence-electron chi connectivity index (χ4n) is 2.33. The van der Waals surface area contributed by atoms with E-state index < -0.39 is 51.4 Å². The van der Waals surface area contributed by atoms with Crippen LogP contribution in [-0.2, 0) is 6.61 Å². The number of halogens is 6. The number of ether oxygens (including phenoxy) is 1. The number of hydrogen-bond acceptors (Lipinski definition) is 5. The van der Waals surface area contributed by atoms with Gasteiger partial charge < -0.3 is 14.5 Å². The number of nitrogens with zero attached hydrogens (tertiary/aromatic N) is 1. The van der Waals surface area contributed by atoms with Gasteiger partial charge in [-0.15, -0.1) is 0 Å². The van der Waals surface area contributed by atoms with Gasteiger partial charge in [-0.05, 0) is 18.2 Å². The zero-order valence-corrected chi connectivity index (χ0v) is 15.6. The van der Waals surface area contributed by atoms with Gasteiger partial charge in [0, 0.05) is 6.07 Å². The molecule has 1 aromatic heterocycles. The van der Waals surface area contributed by atoms with Gasteiger partial charge in [0.2, 0.25) is 5.82 Å². The smallest absolute Gasteiger partial charge is 0.291 e. The molecule has 1 amide bonds. The average molecular weight is 463 g/mol. The third-order valence-corrected chi connectivity index (χ3v) is 4.14. The van der Waals surface area contributed by atoms with E-state index in [0.717, 1.165) is 18.2 Å². The molecule has 31 heavy (non-hydrogen) atoms. The first-order chi connectivity index (χ1) is 14.6. The maximum absolute atomic E-state index is 13.7. The van der Waals surface area contributed by atoms with Crippen LogP contribution >= 0.6 is 11.6 Å². The summed E-state index contributed by atoms with van der Waals surface area (Å²) in [5, 5.41) is 12.4. The maximum Gasteiger partial charge on any atom is 0.291 e. The van der Waals surface area contributed by atoms with E-state index >= 15 is 0 Å². The molecule has 1 heterocycles. The first-order valence-electron chi connectivity index (χ1n) is 8.08. The van der Waals surface area contributed by atoms with Crippen LogP contribution in [0.1, 0.15) is 16.3 Å². The Hall–Kier alpha value is -3.67. The number of furan rings is 1. The van der Waals surface area contributed by atoms with Crippen molar-refractivity contribution < 1.29 is 40.8 Å². The normalized spacial score (nSPS) is 10.8. The van der Waals surface area contributed by atoms with Crippen molar-refractivity contribution in [3.8, 4) is 5.75 Å². The molecular weight excluding hydrogens is 455 g/mol. The van der Waals surface area contributed by atoms with Crippen LogP contribution in [0.5, 0.6) is 5.75 Å². The van der Waals surface area contributed by atoms with E-state index in [2.05, 4.69) is 0 Å². The van der Waals surface area contributed by atoms with Gasteiger partial charge in [-0.1, -0.05) is 11.6 Å². The van der Waals surface area contributed by atoms with Crippen LogP contribution in [0, 0.1) is 39.2 Å². The summed E-state index contributed by atoms with van der Waals surface area (Å²) in [6.07, 6.45) is 0. The van der Waals surface area contributed by atoms with Crippen molar-refractivity contribution in [3.63, 3.8) is 0 Å². The molecular formula is C18H8ClF5N2O5. The lowest BCUT2D eigenvalue weighted by atomic mass is 10.2. The van der Waals surface area contributed by atoms with Crippen LogP contribution in [0.2, 0.25) is 5.02 Å². The molecule has 0 spiro atoms. The molecule has 162 valence electrons. The molecule has 0 aliphatic heterocycles. The fraction of sp³-hybridized carbons (Fsp3) is 0.0556. The minimum Gasteiger partial charge on any atom is -0.484 e. The summed E-state index contributed by atoms with van der Waals surface area (Å²) in [7, 11) is 0. The average Bonchev–Trinajstić information content (AvgIpc) is 3.22. The highest BCUT2D eigenvalue weighted by atomic mass is 35.5. The predicted molar refractivity (Wildman–Crippen MR) is 95.3 cm³/mol. The summed E-state index contributed by atoms with van der Waals surface area (Å²) in [5.41, 5.74) is -1.83. The van der Waals surface area contributed by atoms with E-state index in [-0.39, 0.29) is 28.8 Å². The second-order valence-corrected chi connectivity index (χ2v) is 6.23. The van der Waals surface area contributed by atoms with Crippen LogP contribution in [0.15, 0.2) is 34.7 Å². The van der Waals surface area contributed by atoms with Crippen molar-refractivity contribution in [2.75, 3.05) is 5.32 Å². The van der Waals surface area contributed by atoms with Gasteiger partial charge in [-0.3, -0.25) is 14.9 Å². The number of benzene rings is 2. The van der Waals surface area contributed by atoms with Crippen molar-refractivity contribution in [3.05, 3.63) is 86.1 Å². The number of carbonyl (C=O) groups excluding carboxylic acids is 1. The standard InChI is InChI=1S/C18H8ClF5N2O5/c19-9-3-1-7(26(28)29)5-11(9)30-6-8-2-4-10(31-8)18(27)25-17-15(23)13(21)12(20)14(22)16(17)24/h1-5H,6H2,(H,25,27). The van der Waals surface area contributed by atoms with E-state index in [0.29, 0.717) is 0 Å². The van der Waals surface area contributed by atoms with Gasteiger partial charge in [0.1, 0.15) is 23.8 Å². The first kappa shape index (κ1) is 22.0. The van der Waals surface area contributed by atoms with E-state index in [9.17, 15) is 36.9 Å². The second kappa shape index (κ2) is 8.60. The van der Waals surface area contributed by atoms with E-state index in [1.165, 1.54) is 12.1 Å². The number of carbonyl (C=O) groups is 1. The largest absolute Gasteiger partial charge is 0.484 e. The monoisotopic (exact) mass is 462 g/mol. The molecule has 0 bridgehead atoms. The molecule has 0 radical (unpaired) electrons. The Kier molecular flexibility index (Phi) is 6.11. The summed E-state index contributed by atoms with van der Waals surface area (Å²) in [4.78, 5) is 22.2. The molecule has 13 heteroatoms. The molecule has 0 atom stereocenters. The Morgan fingerprint density at radius 2 is 1.65 bits per heavy atom. The highest BCUT2D eigenvalue weighted by Gasteiger charge is 2.27. The molecule has 0 saturated carbocycles. The molecule has 0 unspecified atom stereocenters. The highest BCUT2D eigenvalue weighted by molar-refractivity contribution is 6.32. The molecule has 3 aromatic rings. The second-order valence-electron chi connectivity index (χ2n) is 5.83. The van der Waals surface area contributed by atoms with E-state index in [1.807, 2.05) is 0 Å². The molecule has 0 aliphatic carbocycles. The summed E-state index contributed by atoms with van der Waals surface area (Å²) in [6, 6.07) is 5.72. The minimum absolute atomic E-state index is 0.00914. The van der Waals surface area contributed by atoms with E-state index in [4.69, 9.17) is 20.8 Å². The third kappa shape index (κ3) is 4.43. The van der Waals surface area contributed by atoms with Gasteiger partial charge >= 0.3 is 0 Å². The predicted octanol–water partition coefficient (Wildman–Crippen LogP) is 5.37. The summed E-state index contributed by atoms with van der Waals surface area (Å²) in [6.45, 7) is -0.351. The Labute approximate surface area is 174 Å². The molecule has 1 N–H and O–H groups in total. The molecule has 0 saturated heterocycles. The number of anilines is 1. The SMILES string of the molecule is O=C(Nc1c(F)c(F)c(F)c(F)c1F)c1ccc(COc2cc([N+](=O)[O-])ccc2Cl)o1. The summed E-state index contributed by atoms with van der Waals surface area (Å²) >= 11 is 5.88. The van der Waals surface area contributed by atoms with Crippen LogP contribution in [0.25, 0.3) is 0 Å². The summed E-state index contributed by atoms with van der Waals surface area (Å²) in [5.74, 6) is -13.2. The zero-order chi connectivity index (χ0) is 22.9. The van der Waals surface area contributed by atoms with Crippen LogP contribution in [0.4, 0.5) is 33.3 Å². The highest BCUT2D eigenvalue weighted by Crippen LogP contribution is 2.30.